The summed E-state index contributed by atoms with van der Waals surface area (Å²) in [6.45, 7) is 9.12. The quantitative estimate of drug-likeness (QED) is 0.754. The van der Waals surface area contributed by atoms with Crippen molar-refractivity contribution in [3.63, 3.8) is 0 Å². The zero-order chi connectivity index (χ0) is 11.9. The van der Waals surface area contributed by atoms with E-state index >= 15 is 0 Å². The minimum absolute atomic E-state index is 0.715. The Morgan fingerprint density at radius 2 is 1.88 bits per heavy atom. The normalized spacial score (nSPS) is 28.4. The first-order chi connectivity index (χ1) is 8.38. The summed E-state index contributed by atoms with van der Waals surface area (Å²) in [5.74, 6) is 0. The highest BCUT2D eigenvalue weighted by atomic mass is 16.5. The second-order valence-corrected chi connectivity index (χ2v) is 5.24. The first-order valence-electron chi connectivity index (χ1n) is 7.08. The predicted octanol–water partition coefficient (Wildman–Crippen LogP) is 0.393. The highest BCUT2D eigenvalue weighted by Crippen LogP contribution is 2.10. The Kier molecular flexibility index (Phi) is 5.71. The van der Waals surface area contributed by atoms with Crippen LogP contribution in [0.1, 0.15) is 19.3 Å². The molecule has 0 amide bonds. The maximum Gasteiger partial charge on any atom is 0.0594 e. The molecule has 2 heterocycles. The summed E-state index contributed by atoms with van der Waals surface area (Å²) in [5, 5.41) is 3.41. The van der Waals surface area contributed by atoms with Crippen molar-refractivity contribution in [2.45, 2.75) is 25.3 Å². The highest BCUT2D eigenvalue weighted by molar-refractivity contribution is 4.77. The van der Waals surface area contributed by atoms with Gasteiger partial charge in [-0.1, -0.05) is 0 Å². The second-order valence-electron chi connectivity index (χ2n) is 5.24. The van der Waals surface area contributed by atoms with Gasteiger partial charge in [-0.25, -0.2) is 0 Å². The molecule has 2 fully saturated rings. The molecular formula is C13H27N3O. The zero-order valence-electron chi connectivity index (χ0n) is 11.2. The van der Waals surface area contributed by atoms with Gasteiger partial charge in [-0.05, 0) is 45.9 Å². The molecule has 0 aromatic carbocycles. The average molecular weight is 241 g/mol. The van der Waals surface area contributed by atoms with Crippen LogP contribution in [0.2, 0.25) is 0 Å². The number of likely N-dealkylation sites (tertiary alicyclic amines) is 1. The van der Waals surface area contributed by atoms with Crippen LogP contribution in [0.3, 0.4) is 0 Å². The molecule has 100 valence electrons. The van der Waals surface area contributed by atoms with Crippen molar-refractivity contribution in [3.05, 3.63) is 0 Å². The van der Waals surface area contributed by atoms with Crippen molar-refractivity contribution in [1.82, 2.24) is 15.1 Å². The molecule has 17 heavy (non-hydrogen) atoms. The number of hydrogen-bond donors (Lipinski definition) is 1. The smallest absolute Gasteiger partial charge is 0.0594 e. The van der Waals surface area contributed by atoms with Gasteiger partial charge in [0, 0.05) is 25.7 Å². The molecular weight excluding hydrogens is 214 g/mol. The molecule has 0 saturated carbocycles. The maximum absolute atomic E-state index is 5.36. The van der Waals surface area contributed by atoms with Gasteiger partial charge in [-0.2, -0.15) is 0 Å². The molecule has 1 N–H and O–H groups in total. The van der Waals surface area contributed by atoms with Crippen LogP contribution in [0.4, 0.5) is 0 Å². The van der Waals surface area contributed by atoms with Crippen molar-refractivity contribution >= 4 is 0 Å². The molecule has 2 aliphatic rings. The molecule has 0 aromatic rings. The number of rotatable bonds is 5. The molecule has 4 heteroatoms. The summed E-state index contributed by atoms with van der Waals surface area (Å²) in [5.41, 5.74) is 0. The second kappa shape index (κ2) is 7.31. The average Bonchev–Trinajstić information content (AvgIpc) is 2.40. The van der Waals surface area contributed by atoms with Gasteiger partial charge in [0.25, 0.3) is 0 Å². The van der Waals surface area contributed by atoms with E-state index in [4.69, 9.17) is 4.74 Å². The van der Waals surface area contributed by atoms with E-state index in [2.05, 4.69) is 22.2 Å². The summed E-state index contributed by atoms with van der Waals surface area (Å²) in [7, 11) is 2.09. The van der Waals surface area contributed by atoms with Crippen LogP contribution in [-0.2, 0) is 4.74 Å². The van der Waals surface area contributed by atoms with E-state index in [-0.39, 0.29) is 0 Å². The number of hydrogen-bond acceptors (Lipinski definition) is 4. The number of nitrogens with one attached hydrogen (secondary N) is 1. The summed E-state index contributed by atoms with van der Waals surface area (Å²) in [4.78, 5) is 5.15. The number of morpholine rings is 1. The Labute approximate surface area is 105 Å². The topological polar surface area (TPSA) is 27.7 Å². The largest absolute Gasteiger partial charge is 0.379 e. The molecule has 0 aliphatic carbocycles. The van der Waals surface area contributed by atoms with Crippen LogP contribution in [0.15, 0.2) is 0 Å². The molecule has 0 spiro atoms. The SMILES string of the molecule is CNC1CCCN(CCCN2CCOCC2)C1. The maximum atomic E-state index is 5.36. The Bertz CT molecular complexity index is 207. The zero-order valence-corrected chi connectivity index (χ0v) is 11.2. The fourth-order valence-electron chi connectivity index (χ4n) is 2.84. The summed E-state index contributed by atoms with van der Waals surface area (Å²) in [6, 6.07) is 0.715. The molecule has 1 atom stereocenters. The van der Waals surface area contributed by atoms with Gasteiger partial charge in [-0.15, -0.1) is 0 Å². The predicted molar refractivity (Wildman–Crippen MR) is 70.4 cm³/mol. The van der Waals surface area contributed by atoms with Gasteiger partial charge in [0.2, 0.25) is 0 Å². The van der Waals surface area contributed by atoms with E-state index in [1.165, 1.54) is 45.4 Å². The highest BCUT2D eigenvalue weighted by Gasteiger charge is 2.18. The summed E-state index contributed by atoms with van der Waals surface area (Å²) >= 11 is 0. The van der Waals surface area contributed by atoms with Crippen LogP contribution in [0, 0.1) is 0 Å². The molecule has 2 rings (SSSR count). The Morgan fingerprint density at radius 3 is 2.65 bits per heavy atom. The van der Waals surface area contributed by atoms with Gasteiger partial charge in [0.15, 0.2) is 0 Å². The van der Waals surface area contributed by atoms with Gasteiger partial charge in [0.05, 0.1) is 13.2 Å². The number of likely N-dealkylation sites (N-methyl/N-ethyl adjacent to an activating group) is 1. The van der Waals surface area contributed by atoms with Crippen molar-refractivity contribution < 1.29 is 4.74 Å². The van der Waals surface area contributed by atoms with Crippen molar-refractivity contribution in [3.8, 4) is 0 Å². The first kappa shape index (κ1) is 13.3. The lowest BCUT2D eigenvalue weighted by Gasteiger charge is -2.33. The van der Waals surface area contributed by atoms with Crippen LogP contribution >= 0.6 is 0 Å². The molecule has 2 saturated heterocycles. The molecule has 4 nitrogen and oxygen atoms in total. The number of piperidine rings is 1. The molecule has 2 aliphatic heterocycles. The Hall–Kier alpha value is -0.160. The van der Waals surface area contributed by atoms with Crippen LogP contribution < -0.4 is 5.32 Å². The van der Waals surface area contributed by atoms with Gasteiger partial charge in [-0.3, -0.25) is 4.90 Å². The third kappa shape index (κ3) is 4.54. The van der Waals surface area contributed by atoms with E-state index in [1.54, 1.807) is 0 Å². The number of ether oxygens (including phenoxy) is 1. The van der Waals surface area contributed by atoms with E-state index in [0.717, 1.165) is 26.3 Å². The van der Waals surface area contributed by atoms with Gasteiger partial charge >= 0.3 is 0 Å². The van der Waals surface area contributed by atoms with Crippen molar-refractivity contribution in [1.29, 1.82) is 0 Å². The lowest BCUT2D eigenvalue weighted by atomic mass is 10.1. The van der Waals surface area contributed by atoms with E-state index in [9.17, 15) is 0 Å². The number of nitrogens with zero attached hydrogens (tertiary/aromatic N) is 2. The monoisotopic (exact) mass is 241 g/mol. The first-order valence-corrected chi connectivity index (χ1v) is 7.08. The van der Waals surface area contributed by atoms with Crippen molar-refractivity contribution in [2.75, 3.05) is 59.5 Å². The molecule has 0 aromatic heterocycles. The fraction of sp³-hybridized carbons (Fsp3) is 1.00. The molecule has 0 radical (unpaired) electrons. The van der Waals surface area contributed by atoms with E-state index < -0.39 is 0 Å². The summed E-state index contributed by atoms with van der Waals surface area (Å²) in [6.07, 6.45) is 4.00. The third-order valence-electron chi connectivity index (χ3n) is 3.97. The fourth-order valence-corrected chi connectivity index (χ4v) is 2.84. The van der Waals surface area contributed by atoms with E-state index in [1.807, 2.05) is 0 Å². The standard InChI is InChI=1S/C13H27N3O/c1-14-13-4-2-5-16(12-13)7-3-6-15-8-10-17-11-9-15/h13-14H,2-12H2,1H3. The van der Waals surface area contributed by atoms with Crippen LogP contribution in [-0.4, -0.2) is 75.4 Å². The molecule has 1 unspecified atom stereocenters. The van der Waals surface area contributed by atoms with Gasteiger partial charge in [0.1, 0.15) is 0 Å². The van der Waals surface area contributed by atoms with Crippen LogP contribution in [0.25, 0.3) is 0 Å². The third-order valence-corrected chi connectivity index (χ3v) is 3.97. The minimum Gasteiger partial charge on any atom is -0.379 e. The lowest BCUT2D eigenvalue weighted by Crippen LogP contribution is -2.45. The van der Waals surface area contributed by atoms with Gasteiger partial charge < -0.3 is 15.0 Å². The van der Waals surface area contributed by atoms with E-state index in [0.29, 0.717) is 6.04 Å². The molecule has 0 bridgehead atoms. The Balaban J connectivity index is 1.57. The lowest BCUT2D eigenvalue weighted by molar-refractivity contribution is 0.0356. The Morgan fingerprint density at radius 1 is 1.12 bits per heavy atom. The summed E-state index contributed by atoms with van der Waals surface area (Å²) < 4.78 is 5.36. The van der Waals surface area contributed by atoms with Crippen molar-refractivity contribution in [2.24, 2.45) is 0 Å². The van der Waals surface area contributed by atoms with Crippen LogP contribution in [0.5, 0.6) is 0 Å². The minimum atomic E-state index is 0.715.